The molecular formula is C14H16N4OS2. The molecule has 5 nitrogen and oxygen atoms in total. The van der Waals surface area contributed by atoms with Crippen molar-refractivity contribution in [1.82, 2.24) is 15.3 Å². The minimum atomic E-state index is 0.0212. The first-order valence-electron chi connectivity index (χ1n) is 7.21. The predicted octanol–water partition coefficient (Wildman–Crippen LogP) is 2.21. The Hall–Kier alpha value is -1.47. The van der Waals surface area contributed by atoms with E-state index in [4.69, 9.17) is 10.7 Å². The van der Waals surface area contributed by atoms with Gasteiger partial charge in [-0.3, -0.25) is 4.79 Å². The Labute approximate surface area is 130 Å². The van der Waals surface area contributed by atoms with E-state index < -0.39 is 0 Å². The van der Waals surface area contributed by atoms with E-state index >= 15 is 0 Å². The molecule has 0 aromatic carbocycles. The van der Waals surface area contributed by atoms with Crippen LogP contribution < -0.4 is 11.1 Å². The predicted molar refractivity (Wildman–Crippen MR) is 83.6 cm³/mol. The third kappa shape index (κ3) is 2.34. The molecule has 0 saturated carbocycles. The summed E-state index contributed by atoms with van der Waals surface area (Å²) in [5, 5.41) is 4.53. The number of aromatic nitrogens is 2. The SMILES string of the molecule is Nc1nc2c(s1)C(c1nc3c(s1)CCCC3)CC(=O)NC2. The fourth-order valence-electron chi connectivity index (χ4n) is 3.03. The van der Waals surface area contributed by atoms with Gasteiger partial charge in [0.2, 0.25) is 5.91 Å². The maximum atomic E-state index is 12.0. The van der Waals surface area contributed by atoms with E-state index in [-0.39, 0.29) is 11.8 Å². The number of carbonyl (C=O) groups excluding carboxylic acids is 1. The van der Waals surface area contributed by atoms with E-state index in [9.17, 15) is 4.79 Å². The zero-order valence-corrected chi connectivity index (χ0v) is 13.1. The van der Waals surface area contributed by atoms with Crippen LogP contribution in [-0.4, -0.2) is 15.9 Å². The number of nitrogens with one attached hydrogen (secondary N) is 1. The minimum absolute atomic E-state index is 0.0212. The van der Waals surface area contributed by atoms with Crippen molar-refractivity contribution in [2.75, 3.05) is 5.73 Å². The van der Waals surface area contributed by atoms with E-state index in [0.29, 0.717) is 18.1 Å². The van der Waals surface area contributed by atoms with Crippen molar-refractivity contribution >= 4 is 33.7 Å². The summed E-state index contributed by atoms with van der Waals surface area (Å²) in [4.78, 5) is 23.7. The molecule has 3 heterocycles. The Morgan fingerprint density at radius 1 is 1.14 bits per heavy atom. The lowest BCUT2D eigenvalue weighted by molar-refractivity contribution is -0.121. The van der Waals surface area contributed by atoms with Crippen molar-refractivity contribution in [1.29, 1.82) is 0 Å². The van der Waals surface area contributed by atoms with Gasteiger partial charge in [-0.2, -0.15) is 0 Å². The molecule has 0 bridgehead atoms. The molecule has 110 valence electrons. The van der Waals surface area contributed by atoms with Gasteiger partial charge in [0.25, 0.3) is 0 Å². The second-order valence-corrected chi connectivity index (χ2v) is 7.70. The van der Waals surface area contributed by atoms with Crippen LogP contribution in [0.5, 0.6) is 0 Å². The summed E-state index contributed by atoms with van der Waals surface area (Å²) in [6.07, 6.45) is 5.12. The van der Waals surface area contributed by atoms with Crippen molar-refractivity contribution in [3.05, 3.63) is 26.1 Å². The van der Waals surface area contributed by atoms with Crippen LogP contribution in [0.4, 0.5) is 5.13 Å². The van der Waals surface area contributed by atoms with Gasteiger partial charge < -0.3 is 11.1 Å². The first-order chi connectivity index (χ1) is 10.2. The number of carbonyl (C=O) groups is 1. The highest BCUT2D eigenvalue weighted by Gasteiger charge is 2.31. The molecule has 0 saturated heterocycles. The number of aryl methyl sites for hydroxylation is 2. The van der Waals surface area contributed by atoms with Gasteiger partial charge >= 0.3 is 0 Å². The maximum Gasteiger partial charge on any atom is 0.221 e. The molecule has 2 aromatic rings. The monoisotopic (exact) mass is 320 g/mol. The molecule has 1 aliphatic heterocycles. The summed E-state index contributed by atoms with van der Waals surface area (Å²) in [5.74, 6) is 0.0878. The van der Waals surface area contributed by atoms with Crippen molar-refractivity contribution < 1.29 is 4.79 Å². The number of amides is 1. The number of fused-ring (bicyclic) bond motifs is 2. The third-order valence-electron chi connectivity index (χ3n) is 4.06. The van der Waals surface area contributed by atoms with E-state index in [1.165, 1.54) is 34.7 Å². The van der Waals surface area contributed by atoms with Gasteiger partial charge in [0.05, 0.1) is 23.9 Å². The molecule has 1 atom stereocenters. The molecule has 1 amide bonds. The highest BCUT2D eigenvalue weighted by molar-refractivity contribution is 7.16. The number of thiazole rings is 2. The zero-order chi connectivity index (χ0) is 14.4. The Kier molecular flexibility index (Phi) is 3.19. The Bertz CT molecular complexity index is 682. The molecule has 4 rings (SSSR count). The normalized spacial score (nSPS) is 21.3. The van der Waals surface area contributed by atoms with Crippen LogP contribution >= 0.6 is 22.7 Å². The number of anilines is 1. The number of rotatable bonds is 1. The van der Waals surface area contributed by atoms with Crippen LogP contribution in [0, 0.1) is 0 Å². The molecule has 3 N–H and O–H groups in total. The highest BCUT2D eigenvalue weighted by atomic mass is 32.1. The topological polar surface area (TPSA) is 80.9 Å². The molecule has 2 aromatic heterocycles. The molecule has 0 fully saturated rings. The fraction of sp³-hybridized carbons (Fsp3) is 0.500. The molecule has 2 aliphatic rings. The van der Waals surface area contributed by atoms with Crippen molar-refractivity contribution in [3.63, 3.8) is 0 Å². The van der Waals surface area contributed by atoms with Gasteiger partial charge in [-0.15, -0.1) is 22.7 Å². The second-order valence-electron chi connectivity index (χ2n) is 5.53. The minimum Gasteiger partial charge on any atom is -0.375 e. The summed E-state index contributed by atoms with van der Waals surface area (Å²) in [5.41, 5.74) is 8.00. The van der Waals surface area contributed by atoms with Gasteiger partial charge in [-0.25, -0.2) is 9.97 Å². The molecule has 21 heavy (non-hydrogen) atoms. The van der Waals surface area contributed by atoms with E-state index in [2.05, 4.69) is 10.3 Å². The maximum absolute atomic E-state index is 12.0. The molecule has 7 heteroatoms. The average Bonchev–Trinajstić information content (AvgIpc) is 3.02. The summed E-state index contributed by atoms with van der Waals surface area (Å²) >= 11 is 3.27. The van der Waals surface area contributed by atoms with Crippen LogP contribution in [0.1, 0.15) is 51.3 Å². The van der Waals surface area contributed by atoms with Gasteiger partial charge in [0.15, 0.2) is 5.13 Å². The van der Waals surface area contributed by atoms with Crippen molar-refractivity contribution in [2.45, 2.75) is 44.6 Å². The lowest BCUT2D eigenvalue weighted by atomic mass is 10.0. The first kappa shape index (κ1) is 13.2. The van der Waals surface area contributed by atoms with Gasteiger partial charge in [-0.1, -0.05) is 0 Å². The van der Waals surface area contributed by atoms with Gasteiger partial charge in [0, 0.05) is 16.2 Å². The molecule has 1 unspecified atom stereocenters. The number of nitrogens with zero attached hydrogens (tertiary/aromatic N) is 2. The largest absolute Gasteiger partial charge is 0.375 e. The van der Waals surface area contributed by atoms with E-state index in [1.807, 2.05) is 0 Å². The number of hydrogen-bond acceptors (Lipinski definition) is 6. The van der Waals surface area contributed by atoms with Crippen LogP contribution in [0.15, 0.2) is 0 Å². The van der Waals surface area contributed by atoms with Crippen LogP contribution in [0.25, 0.3) is 0 Å². The highest BCUT2D eigenvalue weighted by Crippen LogP contribution is 2.40. The zero-order valence-electron chi connectivity index (χ0n) is 11.5. The van der Waals surface area contributed by atoms with Gasteiger partial charge in [0.1, 0.15) is 5.01 Å². The molecule has 0 radical (unpaired) electrons. The Morgan fingerprint density at radius 2 is 2.00 bits per heavy atom. The summed E-state index contributed by atoms with van der Waals surface area (Å²) in [7, 11) is 0. The summed E-state index contributed by atoms with van der Waals surface area (Å²) < 4.78 is 0. The van der Waals surface area contributed by atoms with Crippen molar-refractivity contribution in [3.8, 4) is 0 Å². The fourth-order valence-corrected chi connectivity index (χ4v) is 5.33. The Morgan fingerprint density at radius 3 is 2.86 bits per heavy atom. The van der Waals surface area contributed by atoms with Crippen LogP contribution in [0.2, 0.25) is 0 Å². The number of nitrogens with two attached hydrogens (primary N) is 1. The summed E-state index contributed by atoms with van der Waals surface area (Å²) in [6.45, 7) is 0.476. The van der Waals surface area contributed by atoms with Crippen LogP contribution in [-0.2, 0) is 24.2 Å². The smallest absolute Gasteiger partial charge is 0.221 e. The number of hydrogen-bond donors (Lipinski definition) is 2. The first-order valence-corrected chi connectivity index (χ1v) is 8.84. The van der Waals surface area contributed by atoms with E-state index in [1.54, 1.807) is 11.3 Å². The summed E-state index contributed by atoms with van der Waals surface area (Å²) in [6, 6.07) is 0. The van der Waals surface area contributed by atoms with Crippen LogP contribution in [0.3, 0.4) is 0 Å². The van der Waals surface area contributed by atoms with E-state index in [0.717, 1.165) is 28.4 Å². The molecule has 0 spiro atoms. The third-order valence-corrected chi connectivity index (χ3v) is 6.37. The number of nitrogen functional groups attached to an aromatic ring is 1. The standard InChI is InChI=1S/C14H16N4OS2/c15-14-18-9-6-16-11(19)5-7(12(9)21-14)13-17-8-3-1-2-4-10(8)20-13/h7H,1-6H2,(H2,15,18)(H,16,19). The lowest BCUT2D eigenvalue weighted by Crippen LogP contribution is -2.21. The molecule has 1 aliphatic carbocycles. The lowest BCUT2D eigenvalue weighted by Gasteiger charge is -2.09. The Balaban J connectivity index is 1.78. The van der Waals surface area contributed by atoms with Crippen molar-refractivity contribution in [2.24, 2.45) is 0 Å². The molecular weight excluding hydrogens is 304 g/mol. The average molecular weight is 320 g/mol. The van der Waals surface area contributed by atoms with Gasteiger partial charge in [-0.05, 0) is 25.7 Å². The quantitative estimate of drug-likeness (QED) is 0.844. The second kappa shape index (κ2) is 5.06.